The van der Waals surface area contributed by atoms with E-state index in [1.165, 1.54) is 0 Å². The van der Waals surface area contributed by atoms with Crippen molar-refractivity contribution in [1.82, 2.24) is 5.32 Å². The zero-order valence-corrected chi connectivity index (χ0v) is 9.89. The molecule has 8 nitrogen and oxygen atoms in total. The maximum atomic E-state index is 10.9. The molecule has 0 saturated carbocycles. The van der Waals surface area contributed by atoms with E-state index in [0.717, 1.165) is 6.08 Å². The molecule has 0 aromatic carbocycles. The number of nitrogens with one attached hydrogen (secondary N) is 1. The molecule has 0 unspecified atom stereocenters. The maximum absolute atomic E-state index is 10.9. The van der Waals surface area contributed by atoms with Gasteiger partial charge in [0.2, 0.25) is 0 Å². The second-order valence-corrected chi connectivity index (χ2v) is 4.60. The van der Waals surface area contributed by atoms with Gasteiger partial charge in [-0.15, -0.1) is 0 Å². The predicted molar refractivity (Wildman–Crippen MR) is 57.4 cm³/mol. The van der Waals surface area contributed by atoms with E-state index in [9.17, 15) is 14.2 Å². The van der Waals surface area contributed by atoms with Gasteiger partial charge in [0.25, 0.3) is 0 Å². The van der Waals surface area contributed by atoms with Gasteiger partial charge >= 0.3 is 19.7 Å². The fourth-order valence-corrected chi connectivity index (χ4v) is 1.00. The van der Waals surface area contributed by atoms with E-state index in [2.05, 4.69) is 21.4 Å². The Morgan fingerprint density at radius 2 is 1.94 bits per heavy atom. The van der Waals surface area contributed by atoms with Crippen LogP contribution in [0, 0.1) is 0 Å². The van der Waals surface area contributed by atoms with Crippen LogP contribution in [0.5, 0.6) is 0 Å². The smallest absolute Gasteiger partial charge is 0.407 e. The molecule has 0 aromatic rings. The molecule has 98 valence electrons. The Morgan fingerprint density at radius 1 is 1.29 bits per heavy atom. The highest BCUT2D eigenvalue weighted by molar-refractivity contribution is 7.51. The normalized spacial score (nSPS) is 10.5. The van der Waals surface area contributed by atoms with Gasteiger partial charge in [-0.3, -0.25) is 4.57 Å². The van der Waals surface area contributed by atoms with Crippen molar-refractivity contribution in [3.8, 4) is 0 Å². The largest absolute Gasteiger partial charge is 0.461 e. The van der Waals surface area contributed by atoms with Crippen LogP contribution in [0.15, 0.2) is 12.7 Å². The highest BCUT2D eigenvalue weighted by atomic mass is 31.2. The molecule has 9 heteroatoms. The number of hydrogen-bond acceptors (Lipinski definition) is 5. The molecule has 0 fully saturated rings. The summed E-state index contributed by atoms with van der Waals surface area (Å²) in [6, 6.07) is 0. The Morgan fingerprint density at radius 3 is 2.47 bits per heavy atom. The molecule has 0 bridgehead atoms. The average Bonchev–Trinajstić information content (AvgIpc) is 2.22. The third kappa shape index (κ3) is 10.9. The van der Waals surface area contributed by atoms with Crippen LogP contribution < -0.4 is 5.32 Å². The zero-order chi connectivity index (χ0) is 13.3. The minimum atomic E-state index is -4.16. The lowest BCUT2D eigenvalue weighted by Crippen LogP contribution is -2.29. The summed E-state index contributed by atoms with van der Waals surface area (Å²) in [4.78, 5) is 38.4. The molecule has 0 atom stereocenters. The summed E-state index contributed by atoms with van der Waals surface area (Å²) in [5, 5.41) is 2.22. The predicted octanol–water partition coefficient (Wildman–Crippen LogP) is -0.381. The zero-order valence-electron chi connectivity index (χ0n) is 9.00. The molecule has 3 N–H and O–H groups in total. The molecule has 0 aliphatic heterocycles. The SMILES string of the molecule is C=CC(=O)OCCNC(=O)OCCP(=O)(O)O. The molecule has 0 radical (unpaired) electrons. The van der Waals surface area contributed by atoms with Crippen molar-refractivity contribution in [2.45, 2.75) is 0 Å². The number of ether oxygens (including phenoxy) is 2. The second-order valence-electron chi connectivity index (χ2n) is 2.82. The summed E-state index contributed by atoms with van der Waals surface area (Å²) in [6.45, 7) is 2.78. The van der Waals surface area contributed by atoms with Gasteiger partial charge in [-0.05, 0) is 0 Å². The van der Waals surface area contributed by atoms with Gasteiger partial charge in [-0.25, -0.2) is 9.59 Å². The molecule has 17 heavy (non-hydrogen) atoms. The van der Waals surface area contributed by atoms with Crippen molar-refractivity contribution in [2.75, 3.05) is 25.9 Å². The summed E-state index contributed by atoms with van der Waals surface area (Å²) in [7, 11) is -4.16. The number of amides is 1. The first kappa shape index (κ1) is 15.6. The number of alkyl carbamates (subject to hydrolysis) is 1. The molecular weight excluding hydrogens is 253 g/mol. The van der Waals surface area contributed by atoms with Crippen molar-refractivity contribution >= 4 is 19.7 Å². The van der Waals surface area contributed by atoms with Crippen molar-refractivity contribution in [3.63, 3.8) is 0 Å². The van der Waals surface area contributed by atoms with Crippen LogP contribution in [0.1, 0.15) is 0 Å². The standard InChI is InChI=1S/C8H14NO7P/c1-2-7(10)15-4-3-9-8(11)16-5-6-17(12,13)14/h2H,1,3-6H2,(H,9,11)(H2,12,13,14). The lowest BCUT2D eigenvalue weighted by molar-refractivity contribution is -0.137. The molecular formula is C8H14NO7P. The van der Waals surface area contributed by atoms with Crippen molar-refractivity contribution in [2.24, 2.45) is 0 Å². The van der Waals surface area contributed by atoms with Crippen LogP contribution in [-0.2, 0) is 18.8 Å². The first-order valence-electron chi connectivity index (χ1n) is 4.59. The van der Waals surface area contributed by atoms with Gasteiger partial charge in [-0.1, -0.05) is 6.58 Å². The van der Waals surface area contributed by atoms with E-state index in [1.54, 1.807) is 0 Å². The van der Waals surface area contributed by atoms with Crippen molar-refractivity contribution in [1.29, 1.82) is 0 Å². The summed E-state index contributed by atoms with van der Waals surface area (Å²) in [5.74, 6) is -0.610. The Balaban J connectivity index is 3.51. The molecule has 0 aromatic heterocycles. The number of carbonyl (C=O) groups excluding carboxylic acids is 2. The number of hydrogen-bond donors (Lipinski definition) is 3. The third-order valence-electron chi connectivity index (χ3n) is 1.40. The molecule has 0 saturated heterocycles. The first-order chi connectivity index (χ1) is 7.85. The fraction of sp³-hybridized carbons (Fsp3) is 0.500. The Labute approximate surface area is 97.8 Å². The Bertz CT molecular complexity index is 324. The molecule has 0 aliphatic rings. The topological polar surface area (TPSA) is 122 Å². The van der Waals surface area contributed by atoms with Gasteiger partial charge in [0, 0.05) is 6.08 Å². The fourth-order valence-electron chi connectivity index (χ4n) is 0.672. The molecule has 0 spiro atoms. The number of carbonyl (C=O) groups is 2. The molecule has 1 amide bonds. The monoisotopic (exact) mass is 267 g/mol. The summed E-state index contributed by atoms with van der Waals surface area (Å²) < 4.78 is 19.4. The lowest BCUT2D eigenvalue weighted by atomic mass is 10.6. The van der Waals surface area contributed by atoms with E-state index >= 15 is 0 Å². The number of esters is 1. The Kier molecular flexibility index (Phi) is 7.20. The maximum Gasteiger partial charge on any atom is 0.407 e. The lowest BCUT2D eigenvalue weighted by Gasteiger charge is -2.07. The summed E-state index contributed by atoms with van der Waals surface area (Å²) in [6.07, 6.45) is -0.391. The second kappa shape index (κ2) is 7.83. The van der Waals surface area contributed by atoms with Crippen molar-refractivity contribution < 1.29 is 33.4 Å². The van der Waals surface area contributed by atoms with E-state index in [-0.39, 0.29) is 19.8 Å². The van der Waals surface area contributed by atoms with Gasteiger partial charge < -0.3 is 24.6 Å². The van der Waals surface area contributed by atoms with Crippen LogP contribution in [0.3, 0.4) is 0 Å². The minimum Gasteiger partial charge on any atom is -0.461 e. The molecule has 0 heterocycles. The van der Waals surface area contributed by atoms with Gasteiger partial charge in [0.05, 0.1) is 12.7 Å². The van der Waals surface area contributed by atoms with Crippen LogP contribution >= 0.6 is 7.60 Å². The Hall–Kier alpha value is -1.37. The van der Waals surface area contributed by atoms with Crippen molar-refractivity contribution in [3.05, 3.63) is 12.7 Å². The van der Waals surface area contributed by atoms with E-state index < -0.39 is 25.8 Å². The van der Waals surface area contributed by atoms with Gasteiger partial charge in [0.1, 0.15) is 13.2 Å². The van der Waals surface area contributed by atoms with Crippen LogP contribution in [-0.4, -0.2) is 47.8 Å². The molecule has 0 aliphatic carbocycles. The average molecular weight is 267 g/mol. The van der Waals surface area contributed by atoms with Gasteiger partial charge in [0.15, 0.2) is 0 Å². The van der Waals surface area contributed by atoms with E-state index in [1.807, 2.05) is 0 Å². The highest BCUT2D eigenvalue weighted by Gasteiger charge is 2.13. The van der Waals surface area contributed by atoms with Gasteiger partial charge in [-0.2, -0.15) is 0 Å². The van der Waals surface area contributed by atoms with Crippen LogP contribution in [0.25, 0.3) is 0 Å². The molecule has 0 rings (SSSR count). The van der Waals surface area contributed by atoms with E-state index in [4.69, 9.17) is 9.79 Å². The summed E-state index contributed by atoms with van der Waals surface area (Å²) in [5.41, 5.74) is 0. The first-order valence-corrected chi connectivity index (χ1v) is 6.39. The number of rotatable bonds is 7. The third-order valence-corrected chi connectivity index (χ3v) is 2.16. The van der Waals surface area contributed by atoms with Crippen LogP contribution in [0.2, 0.25) is 0 Å². The highest BCUT2D eigenvalue weighted by Crippen LogP contribution is 2.33. The summed E-state index contributed by atoms with van der Waals surface area (Å²) >= 11 is 0. The minimum absolute atomic E-state index is 0.0360. The van der Waals surface area contributed by atoms with E-state index in [0.29, 0.717) is 0 Å². The quantitative estimate of drug-likeness (QED) is 0.248. The van der Waals surface area contributed by atoms with Crippen LogP contribution in [0.4, 0.5) is 4.79 Å².